The minimum Gasteiger partial charge on any atom is -0.382 e. The largest absolute Gasteiger partial charge is 0.382 e. The van der Waals surface area contributed by atoms with E-state index < -0.39 is 0 Å². The van der Waals surface area contributed by atoms with Gasteiger partial charge < -0.3 is 5.73 Å². The molecule has 0 aliphatic rings. The Hall–Kier alpha value is -1.77. The topological polar surface area (TPSA) is 75.6 Å². The van der Waals surface area contributed by atoms with Crippen LogP contribution in [0.15, 0.2) is 29.4 Å². The van der Waals surface area contributed by atoms with E-state index in [1.54, 1.807) is 0 Å². The molecular formula is C16H17ClN4S. The number of anilines is 1. The molecule has 2 aromatic rings. The fraction of sp³-hybridized carbons (Fsp3) is 0.312. The number of halogens is 1. The Bertz CT molecular complexity index is 693. The molecule has 0 fully saturated rings. The Labute approximate surface area is 139 Å². The number of benzene rings is 1. The van der Waals surface area contributed by atoms with Gasteiger partial charge in [-0.15, -0.1) is 0 Å². The Kier molecular flexibility index (Phi) is 5.64. The minimum absolute atomic E-state index is 0.256. The van der Waals surface area contributed by atoms with Crippen LogP contribution in [0.25, 0.3) is 0 Å². The molecule has 114 valence electrons. The third-order valence-corrected chi connectivity index (χ3v) is 4.16. The van der Waals surface area contributed by atoms with E-state index in [9.17, 15) is 5.26 Å². The first-order chi connectivity index (χ1) is 10.5. The van der Waals surface area contributed by atoms with Gasteiger partial charge in [-0.3, -0.25) is 0 Å². The molecule has 0 aliphatic heterocycles. The van der Waals surface area contributed by atoms with E-state index in [1.165, 1.54) is 11.8 Å². The van der Waals surface area contributed by atoms with Crippen molar-refractivity contribution >= 4 is 29.2 Å². The lowest BCUT2D eigenvalue weighted by molar-refractivity contribution is 0.627. The first-order valence-electron chi connectivity index (χ1n) is 6.93. The van der Waals surface area contributed by atoms with Crippen LogP contribution in [-0.4, -0.2) is 9.97 Å². The lowest BCUT2D eigenvalue weighted by Crippen LogP contribution is -2.07. The van der Waals surface area contributed by atoms with Crippen molar-refractivity contribution in [2.24, 2.45) is 5.92 Å². The van der Waals surface area contributed by atoms with Gasteiger partial charge >= 0.3 is 0 Å². The summed E-state index contributed by atoms with van der Waals surface area (Å²) in [6.07, 6.45) is 0.712. The molecule has 0 amide bonds. The molecule has 0 spiro atoms. The zero-order valence-electron chi connectivity index (χ0n) is 12.5. The molecule has 1 heterocycles. The number of nitriles is 1. The van der Waals surface area contributed by atoms with E-state index in [1.807, 2.05) is 24.3 Å². The van der Waals surface area contributed by atoms with Gasteiger partial charge in [0.15, 0.2) is 5.16 Å². The van der Waals surface area contributed by atoms with E-state index in [0.717, 1.165) is 17.0 Å². The summed E-state index contributed by atoms with van der Waals surface area (Å²) in [6.45, 7) is 4.17. The smallest absolute Gasteiger partial charge is 0.190 e. The summed E-state index contributed by atoms with van der Waals surface area (Å²) in [4.78, 5) is 8.73. The molecule has 0 aliphatic carbocycles. The van der Waals surface area contributed by atoms with Gasteiger partial charge in [0.1, 0.15) is 17.5 Å². The molecule has 2 rings (SSSR count). The predicted octanol–water partition coefficient (Wildman–Crippen LogP) is 4.07. The van der Waals surface area contributed by atoms with Crippen LogP contribution in [0.2, 0.25) is 5.02 Å². The second-order valence-electron chi connectivity index (χ2n) is 5.34. The second-order valence-corrected chi connectivity index (χ2v) is 6.72. The molecule has 4 nitrogen and oxygen atoms in total. The number of nitrogens with two attached hydrogens (primary N) is 1. The molecule has 0 atom stereocenters. The second kappa shape index (κ2) is 7.48. The number of nitrogen functional groups attached to an aromatic ring is 1. The van der Waals surface area contributed by atoms with Crippen LogP contribution >= 0.6 is 23.4 Å². The van der Waals surface area contributed by atoms with E-state index in [0.29, 0.717) is 28.1 Å². The molecule has 0 saturated heterocycles. The maximum absolute atomic E-state index is 9.21. The highest BCUT2D eigenvalue weighted by Crippen LogP contribution is 2.24. The molecule has 0 radical (unpaired) electrons. The molecule has 1 aromatic heterocycles. The van der Waals surface area contributed by atoms with Gasteiger partial charge in [-0.05, 0) is 30.0 Å². The van der Waals surface area contributed by atoms with Crippen molar-refractivity contribution in [2.45, 2.75) is 31.2 Å². The maximum Gasteiger partial charge on any atom is 0.190 e. The molecule has 2 N–H and O–H groups in total. The Morgan fingerprint density at radius 3 is 2.55 bits per heavy atom. The van der Waals surface area contributed by atoms with E-state index in [4.69, 9.17) is 17.3 Å². The molecule has 22 heavy (non-hydrogen) atoms. The van der Waals surface area contributed by atoms with Crippen LogP contribution in [-0.2, 0) is 12.2 Å². The summed E-state index contributed by atoms with van der Waals surface area (Å²) >= 11 is 7.37. The molecular weight excluding hydrogens is 316 g/mol. The zero-order valence-corrected chi connectivity index (χ0v) is 14.1. The van der Waals surface area contributed by atoms with Gasteiger partial charge in [0.25, 0.3) is 0 Å². The van der Waals surface area contributed by atoms with Crippen molar-refractivity contribution in [1.29, 1.82) is 5.26 Å². The summed E-state index contributed by atoms with van der Waals surface area (Å²) in [5.41, 5.74) is 8.14. The van der Waals surface area contributed by atoms with Gasteiger partial charge in [-0.25, -0.2) is 9.97 Å². The highest BCUT2D eigenvalue weighted by Gasteiger charge is 2.13. The van der Waals surface area contributed by atoms with Crippen molar-refractivity contribution in [3.63, 3.8) is 0 Å². The van der Waals surface area contributed by atoms with Crippen molar-refractivity contribution in [3.05, 3.63) is 46.1 Å². The minimum atomic E-state index is 0.256. The molecule has 0 bridgehead atoms. The molecule has 6 heteroatoms. The Morgan fingerprint density at radius 1 is 1.27 bits per heavy atom. The SMILES string of the molecule is CC(C)Cc1nc(SCc2ccc(Cl)cc2)nc(N)c1C#N. The highest BCUT2D eigenvalue weighted by atomic mass is 35.5. The fourth-order valence-electron chi connectivity index (χ4n) is 1.95. The highest BCUT2D eigenvalue weighted by molar-refractivity contribution is 7.98. The van der Waals surface area contributed by atoms with Gasteiger partial charge in [0, 0.05) is 10.8 Å². The van der Waals surface area contributed by atoms with Crippen LogP contribution in [0.1, 0.15) is 30.7 Å². The van der Waals surface area contributed by atoms with E-state index in [-0.39, 0.29) is 5.82 Å². The summed E-state index contributed by atoms with van der Waals surface area (Å²) < 4.78 is 0. The quantitative estimate of drug-likeness (QED) is 0.659. The summed E-state index contributed by atoms with van der Waals surface area (Å²) in [7, 11) is 0. The summed E-state index contributed by atoms with van der Waals surface area (Å²) in [5, 5.41) is 10.5. The van der Waals surface area contributed by atoms with Crippen LogP contribution in [0, 0.1) is 17.2 Å². The van der Waals surface area contributed by atoms with Crippen molar-refractivity contribution in [2.75, 3.05) is 5.73 Å². The normalized spacial score (nSPS) is 10.7. The predicted molar refractivity (Wildman–Crippen MR) is 90.7 cm³/mol. The average Bonchev–Trinajstić information content (AvgIpc) is 2.46. The third kappa shape index (κ3) is 4.36. The van der Waals surface area contributed by atoms with Gasteiger partial charge in [-0.1, -0.05) is 49.3 Å². The van der Waals surface area contributed by atoms with Crippen molar-refractivity contribution < 1.29 is 0 Å². The lowest BCUT2D eigenvalue weighted by atomic mass is 10.0. The number of nitrogens with zero attached hydrogens (tertiary/aromatic N) is 3. The van der Waals surface area contributed by atoms with E-state index in [2.05, 4.69) is 29.9 Å². The van der Waals surface area contributed by atoms with Crippen LogP contribution in [0.5, 0.6) is 0 Å². The van der Waals surface area contributed by atoms with Gasteiger partial charge in [0.05, 0.1) is 5.69 Å². The number of thioether (sulfide) groups is 1. The lowest BCUT2D eigenvalue weighted by Gasteiger charge is -2.10. The van der Waals surface area contributed by atoms with Crippen LogP contribution < -0.4 is 5.73 Å². The Morgan fingerprint density at radius 2 is 1.95 bits per heavy atom. The Balaban J connectivity index is 2.19. The van der Waals surface area contributed by atoms with Gasteiger partial charge in [0.2, 0.25) is 0 Å². The summed E-state index contributed by atoms with van der Waals surface area (Å²) in [5.74, 6) is 1.38. The average molecular weight is 333 g/mol. The van der Waals surface area contributed by atoms with Crippen LogP contribution in [0.4, 0.5) is 5.82 Å². The van der Waals surface area contributed by atoms with Gasteiger partial charge in [-0.2, -0.15) is 5.26 Å². The standard InChI is InChI=1S/C16H17ClN4S/c1-10(2)7-14-13(8-18)15(19)21-16(20-14)22-9-11-3-5-12(17)6-4-11/h3-6,10H,7,9H2,1-2H3,(H2,19,20,21). The van der Waals surface area contributed by atoms with E-state index >= 15 is 0 Å². The zero-order chi connectivity index (χ0) is 16.1. The maximum atomic E-state index is 9.21. The first kappa shape index (κ1) is 16.6. The van der Waals surface area contributed by atoms with Crippen LogP contribution in [0.3, 0.4) is 0 Å². The fourth-order valence-corrected chi connectivity index (χ4v) is 2.90. The molecule has 0 saturated carbocycles. The molecule has 0 unspecified atom stereocenters. The number of aromatic nitrogens is 2. The monoisotopic (exact) mass is 332 g/mol. The molecule has 1 aromatic carbocycles. The number of hydrogen-bond donors (Lipinski definition) is 1. The number of hydrogen-bond acceptors (Lipinski definition) is 5. The third-order valence-electron chi connectivity index (χ3n) is 2.99. The summed E-state index contributed by atoms with van der Waals surface area (Å²) in [6, 6.07) is 9.76. The van der Waals surface area contributed by atoms with Crippen molar-refractivity contribution in [1.82, 2.24) is 9.97 Å². The first-order valence-corrected chi connectivity index (χ1v) is 8.29. The van der Waals surface area contributed by atoms with Crippen molar-refractivity contribution in [3.8, 4) is 6.07 Å². The number of rotatable bonds is 5.